The maximum Gasteiger partial charge on any atom is 0.322 e. The van der Waals surface area contributed by atoms with Gasteiger partial charge in [0.05, 0.1) is 19.0 Å². The van der Waals surface area contributed by atoms with Crippen molar-refractivity contribution < 1.29 is 19.5 Å². The second-order valence-corrected chi connectivity index (χ2v) is 3.88. The van der Waals surface area contributed by atoms with Gasteiger partial charge < -0.3 is 15.7 Å². The molecule has 20 heavy (non-hydrogen) atoms. The molecule has 104 valence electrons. The van der Waals surface area contributed by atoms with Gasteiger partial charge in [-0.1, -0.05) is 12.1 Å². The van der Waals surface area contributed by atoms with Crippen LogP contribution >= 0.6 is 0 Å². The number of amides is 2. The molecule has 0 atom stereocenters. The summed E-state index contributed by atoms with van der Waals surface area (Å²) in [7, 11) is 0. The van der Waals surface area contributed by atoms with E-state index in [4.69, 9.17) is 10.4 Å². The molecular weight excluding hydrogens is 262 g/mol. The number of hydrogen-bond donors (Lipinski definition) is 3. The zero-order valence-electron chi connectivity index (χ0n) is 10.5. The number of rotatable bonds is 6. The third kappa shape index (κ3) is 5.18. The average Bonchev–Trinajstić information content (AvgIpc) is 2.43. The number of carboxylic acid groups (broad SMARTS) is 1. The largest absolute Gasteiger partial charge is 0.480 e. The summed E-state index contributed by atoms with van der Waals surface area (Å²) in [5.41, 5.74) is 1.15. The van der Waals surface area contributed by atoms with Gasteiger partial charge in [-0.05, 0) is 17.7 Å². The maximum atomic E-state index is 11.7. The van der Waals surface area contributed by atoms with Gasteiger partial charge in [0, 0.05) is 5.56 Å². The number of carbonyl (C=O) groups is 3. The smallest absolute Gasteiger partial charge is 0.322 e. The molecule has 0 bridgehead atoms. The Kier molecular flexibility index (Phi) is 5.72. The van der Waals surface area contributed by atoms with Crippen molar-refractivity contribution in [2.45, 2.75) is 6.42 Å². The second-order valence-electron chi connectivity index (χ2n) is 3.88. The number of nitrogens with zero attached hydrogens (tertiary/aromatic N) is 1. The van der Waals surface area contributed by atoms with Crippen LogP contribution in [0.25, 0.3) is 0 Å². The molecule has 0 spiro atoms. The summed E-state index contributed by atoms with van der Waals surface area (Å²) in [6.07, 6.45) is 0.263. The molecule has 0 aliphatic heterocycles. The van der Waals surface area contributed by atoms with Crippen LogP contribution in [0.5, 0.6) is 0 Å². The van der Waals surface area contributed by atoms with Crippen LogP contribution < -0.4 is 10.6 Å². The summed E-state index contributed by atoms with van der Waals surface area (Å²) in [6.45, 7) is -0.788. The highest BCUT2D eigenvalue weighted by atomic mass is 16.4. The van der Waals surface area contributed by atoms with E-state index >= 15 is 0 Å². The van der Waals surface area contributed by atoms with Crippen LogP contribution in [0.15, 0.2) is 24.3 Å². The Morgan fingerprint density at radius 3 is 2.30 bits per heavy atom. The predicted molar refractivity (Wildman–Crippen MR) is 68.7 cm³/mol. The van der Waals surface area contributed by atoms with Crippen LogP contribution in [0, 0.1) is 11.3 Å². The van der Waals surface area contributed by atoms with Crippen molar-refractivity contribution in [1.29, 1.82) is 5.26 Å². The van der Waals surface area contributed by atoms with E-state index < -0.39 is 24.3 Å². The molecule has 0 saturated heterocycles. The van der Waals surface area contributed by atoms with Crippen molar-refractivity contribution in [3.8, 4) is 6.07 Å². The van der Waals surface area contributed by atoms with Crippen LogP contribution in [0.4, 0.5) is 0 Å². The van der Waals surface area contributed by atoms with E-state index in [2.05, 4.69) is 10.6 Å². The van der Waals surface area contributed by atoms with Crippen LogP contribution in [0.3, 0.4) is 0 Å². The fourth-order valence-electron chi connectivity index (χ4n) is 1.36. The van der Waals surface area contributed by atoms with Crippen molar-refractivity contribution in [2.75, 3.05) is 13.1 Å². The van der Waals surface area contributed by atoms with Crippen molar-refractivity contribution >= 4 is 17.8 Å². The van der Waals surface area contributed by atoms with Crippen LogP contribution in [-0.2, 0) is 16.0 Å². The lowest BCUT2D eigenvalue weighted by molar-refractivity contribution is -0.137. The molecule has 0 aromatic heterocycles. The molecule has 0 aliphatic carbocycles. The van der Waals surface area contributed by atoms with Gasteiger partial charge in [-0.3, -0.25) is 14.4 Å². The highest BCUT2D eigenvalue weighted by molar-refractivity contribution is 5.96. The topological polar surface area (TPSA) is 119 Å². The quantitative estimate of drug-likeness (QED) is 0.657. The molecule has 0 radical (unpaired) electrons. The van der Waals surface area contributed by atoms with Crippen LogP contribution in [-0.4, -0.2) is 36.0 Å². The summed E-state index contributed by atoms with van der Waals surface area (Å²) in [4.78, 5) is 33.1. The first-order valence-electron chi connectivity index (χ1n) is 5.75. The maximum absolute atomic E-state index is 11.7. The van der Waals surface area contributed by atoms with Gasteiger partial charge in [0.1, 0.15) is 6.54 Å². The molecule has 1 aromatic rings. The van der Waals surface area contributed by atoms with Crippen molar-refractivity contribution in [3.63, 3.8) is 0 Å². The molecular formula is C13H13N3O4. The van der Waals surface area contributed by atoms with E-state index in [-0.39, 0.29) is 13.0 Å². The number of nitrogens with one attached hydrogen (secondary N) is 2. The average molecular weight is 275 g/mol. The minimum atomic E-state index is -1.15. The zero-order valence-corrected chi connectivity index (χ0v) is 10.5. The third-order valence-corrected chi connectivity index (χ3v) is 2.35. The number of aliphatic carboxylic acids is 1. The molecule has 7 heteroatoms. The molecule has 1 aromatic carbocycles. The lowest BCUT2D eigenvalue weighted by Gasteiger charge is -2.05. The van der Waals surface area contributed by atoms with Crippen LogP contribution in [0.2, 0.25) is 0 Å². The van der Waals surface area contributed by atoms with Gasteiger partial charge in [-0.2, -0.15) is 5.26 Å². The Morgan fingerprint density at radius 1 is 1.10 bits per heavy atom. The molecule has 0 saturated carbocycles. The normalized spacial score (nSPS) is 9.35. The summed E-state index contributed by atoms with van der Waals surface area (Å²) in [5.74, 6) is -2.18. The van der Waals surface area contributed by atoms with E-state index in [1.54, 1.807) is 24.3 Å². The number of nitriles is 1. The van der Waals surface area contributed by atoms with E-state index in [1.165, 1.54) is 0 Å². The van der Waals surface area contributed by atoms with Crippen LogP contribution in [0.1, 0.15) is 15.9 Å². The fourth-order valence-corrected chi connectivity index (χ4v) is 1.36. The molecule has 0 heterocycles. The van der Waals surface area contributed by atoms with Gasteiger partial charge in [-0.15, -0.1) is 0 Å². The fraction of sp³-hybridized carbons (Fsp3) is 0.231. The summed E-state index contributed by atoms with van der Waals surface area (Å²) < 4.78 is 0. The monoisotopic (exact) mass is 275 g/mol. The Morgan fingerprint density at radius 2 is 1.75 bits per heavy atom. The third-order valence-electron chi connectivity index (χ3n) is 2.35. The minimum Gasteiger partial charge on any atom is -0.480 e. The Labute approximate surface area is 115 Å². The highest BCUT2D eigenvalue weighted by Crippen LogP contribution is 2.04. The molecule has 0 aliphatic rings. The zero-order chi connectivity index (χ0) is 15.0. The molecule has 3 N–H and O–H groups in total. The first kappa shape index (κ1) is 15.2. The molecule has 2 amide bonds. The first-order valence-corrected chi connectivity index (χ1v) is 5.75. The van der Waals surface area contributed by atoms with E-state index in [9.17, 15) is 14.4 Å². The van der Waals surface area contributed by atoms with Gasteiger partial charge in [0.2, 0.25) is 5.91 Å². The van der Waals surface area contributed by atoms with E-state index in [0.717, 1.165) is 5.56 Å². The Hall–Kier alpha value is -2.88. The van der Waals surface area contributed by atoms with Gasteiger partial charge in [0.15, 0.2) is 0 Å². The SMILES string of the molecule is N#CCc1ccc(C(=O)NCC(=O)NCC(=O)O)cc1. The first-order chi connectivity index (χ1) is 9.52. The van der Waals surface area contributed by atoms with Crippen molar-refractivity contribution in [3.05, 3.63) is 35.4 Å². The summed E-state index contributed by atoms with van der Waals surface area (Å²) in [6, 6.07) is 8.41. The lowest BCUT2D eigenvalue weighted by Crippen LogP contribution is -2.39. The molecule has 7 nitrogen and oxygen atoms in total. The van der Waals surface area contributed by atoms with Gasteiger partial charge >= 0.3 is 5.97 Å². The summed E-state index contributed by atoms with van der Waals surface area (Å²) in [5, 5.41) is 21.4. The van der Waals surface area contributed by atoms with E-state index in [0.29, 0.717) is 5.56 Å². The second kappa shape index (κ2) is 7.53. The Bertz CT molecular complexity index is 546. The van der Waals surface area contributed by atoms with Crippen molar-refractivity contribution in [1.82, 2.24) is 10.6 Å². The highest BCUT2D eigenvalue weighted by Gasteiger charge is 2.08. The lowest BCUT2D eigenvalue weighted by atomic mass is 10.1. The summed E-state index contributed by atoms with van der Waals surface area (Å²) >= 11 is 0. The number of hydrogen-bond acceptors (Lipinski definition) is 4. The molecule has 1 rings (SSSR count). The Balaban J connectivity index is 2.44. The molecule has 0 unspecified atom stereocenters. The van der Waals surface area contributed by atoms with Gasteiger partial charge in [-0.25, -0.2) is 0 Å². The number of benzene rings is 1. The molecule has 0 fully saturated rings. The van der Waals surface area contributed by atoms with E-state index in [1.807, 2.05) is 6.07 Å². The number of carboxylic acids is 1. The van der Waals surface area contributed by atoms with Crippen molar-refractivity contribution in [2.24, 2.45) is 0 Å². The standard InChI is InChI=1S/C13H13N3O4/c14-6-5-9-1-3-10(4-2-9)13(20)16-7-11(17)15-8-12(18)19/h1-4H,5,7-8H2,(H,15,17)(H,16,20)(H,18,19). The van der Waals surface area contributed by atoms with Gasteiger partial charge in [0.25, 0.3) is 5.91 Å². The predicted octanol–water partition coefficient (Wildman–Crippen LogP) is -0.317. The minimum absolute atomic E-state index is 0.263. The number of carbonyl (C=O) groups excluding carboxylic acids is 2.